The lowest BCUT2D eigenvalue weighted by atomic mass is 9.93. The van der Waals surface area contributed by atoms with Crippen LogP contribution in [0, 0.1) is 15.9 Å². The summed E-state index contributed by atoms with van der Waals surface area (Å²) in [6.45, 7) is 0. The fourth-order valence-electron chi connectivity index (χ4n) is 2.32. The Hall–Kier alpha value is -1.58. The molecule has 2 rings (SSSR count). The van der Waals surface area contributed by atoms with Crippen molar-refractivity contribution in [3.63, 3.8) is 0 Å². The summed E-state index contributed by atoms with van der Waals surface area (Å²) in [6, 6.07) is 1.60. The molecule has 0 bridgehead atoms. The highest BCUT2D eigenvalue weighted by atomic mass is 32.2. The second-order valence-corrected chi connectivity index (χ2v) is 6.63. The first-order valence-corrected chi connectivity index (χ1v) is 7.94. The van der Waals surface area contributed by atoms with Crippen LogP contribution in [0.2, 0.25) is 0 Å². The SMILES string of the molecule is O=[N+]([O-])c1ccc(F)c(S(=O)(=O)N[C@H]2CCCC[C@@H]2O)c1. The number of aliphatic hydroxyl groups is 1. The van der Waals surface area contributed by atoms with Gasteiger partial charge in [0, 0.05) is 18.2 Å². The molecule has 1 aliphatic rings. The molecule has 1 aliphatic carbocycles. The van der Waals surface area contributed by atoms with Gasteiger partial charge in [-0.15, -0.1) is 0 Å². The van der Waals surface area contributed by atoms with Crippen molar-refractivity contribution < 1.29 is 22.8 Å². The van der Waals surface area contributed by atoms with E-state index in [2.05, 4.69) is 4.72 Å². The predicted molar refractivity (Wildman–Crippen MR) is 71.6 cm³/mol. The normalized spacial score (nSPS) is 23.0. The average Bonchev–Trinajstić information content (AvgIpc) is 2.41. The highest BCUT2D eigenvalue weighted by molar-refractivity contribution is 7.89. The lowest BCUT2D eigenvalue weighted by Gasteiger charge is -2.28. The Morgan fingerprint density at radius 2 is 2.00 bits per heavy atom. The maximum atomic E-state index is 13.7. The molecule has 21 heavy (non-hydrogen) atoms. The van der Waals surface area contributed by atoms with Gasteiger partial charge in [0.1, 0.15) is 10.7 Å². The van der Waals surface area contributed by atoms with Gasteiger partial charge in [0.25, 0.3) is 5.69 Å². The van der Waals surface area contributed by atoms with Crippen molar-refractivity contribution in [1.29, 1.82) is 0 Å². The Balaban J connectivity index is 2.30. The van der Waals surface area contributed by atoms with Gasteiger partial charge in [-0.2, -0.15) is 0 Å². The monoisotopic (exact) mass is 318 g/mol. The zero-order chi connectivity index (χ0) is 15.6. The molecule has 0 heterocycles. The first-order chi connectivity index (χ1) is 9.81. The number of benzene rings is 1. The molecule has 0 aromatic heterocycles. The van der Waals surface area contributed by atoms with Gasteiger partial charge in [-0.05, 0) is 18.9 Å². The van der Waals surface area contributed by atoms with E-state index in [1.807, 2.05) is 0 Å². The van der Waals surface area contributed by atoms with Crippen molar-refractivity contribution in [2.45, 2.75) is 42.7 Å². The number of hydrogen-bond acceptors (Lipinski definition) is 5. The molecule has 0 spiro atoms. The van der Waals surface area contributed by atoms with Crippen molar-refractivity contribution in [3.05, 3.63) is 34.1 Å². The number of non-ortho nitro benzene ring substituents is 1. The summed E-state index contributed by atoms with van der Waals surface area (Å²) in [5, 5.41) is 20.4. The molecule has 2 atom stereocenters. The zero-order valence-electron chi connectivity index (χ0n) is 11.0. The minimum absolute atomic E-state index is 0.441. The lowest BCUT2D eigenvalue weighted by Crippen LogP contribution is -2.45. The maximum absolute atomic E-state index is 13.7. The summed E-state index contributed by atoms with van der Waals surface area (Å²) < 4.78 is 40.2. The number of nitrogens with one attached hydrogen (secondary N) is 1. The van der Waals surface area contributed by atoms with E-state index in [4.69, 9.17) is 0 Å². The van der Waals surface area contributed by atoms with E-state index in [0.29, 0.717) is 18.9 Å². The number of aliphatic hydroxyl groups excluding tert-OH is 1. The third-order valence-electron chi connectivity index (χ3n) is 3.45. The Morgan fingerprint density at radius 1 is 1.33 bits per heavy atom. The molecule has 0 amide bonds. The number of nitrogens with zero attached hydrogens (tertiary/aromatic N) is 1. The van der Waals surface area contributed by atoms with Crippen molar-refractivity contribution in [2.24, 2.45) is 0 Å². The molecular weight excluding hydrogens is 303 g/mol. The van der Waals surface area contributed by atoms with Crippen LogP contribution in [0.4, 0.5) is 10.1 Å². The molecule has 9 heteroatoms. The molecule has 7 nitrogen and oxygen atoms in total. The summed E-state index contributed by atoms with van der Waals surface area (Å²) in [5.74, 6) is -1.07. The Bertz CT molecular complexity index is 649. The Morgan fingerprint density at radius 3 is 2.62 bits per heavy atom. The summed E-state index contributed by atoms with van der Waals surface area (Å²) in [4.78, 5) is 9.08. The van der Waals surface area contributed by atoms with Crippen molar-refractivity contribution in [3.8, 4) is 0 Å². The van der Waals surface area contributed by atoms with Crippen molar-refractivity contribution in [2.75, 3.05) is 0 Å². The highest BCUT2D eigenvalue weighted by Crippen LogP contribution is 2.24. The Kier molecular flexibility index (Phi) is 4.55. The molecular formula is C12H15FN2O5S. The van der Waals surface area contributed by atoms with E-state index in [-0.39, 0.29) is 0 Å². The minimum Gasteiger partial charge on any atom is -0.391 e. The molecule has 1 fully saturated rings. The fourth-order valence-corrected chi connectivity index (χ4v) is 3.72. The molecule has 116 valence electrons. The maximum Gasteiger partial charge on any atom is 0.270 e. The van der Waals surface area contributed by atoms with Gasteiger partial charge in [0.05, 0.1) is 11.0 Å². The van der Waals surface area contributed by atoms with E-state index in [1.54, 1.807) is 0 Å². The standard InChI is InChI=1S/C12H15FN2O5S/c13-9-6-5-8(15(17)18)7-12(9)21(19,20)14-10-3-1-2-4-11(10)16/h5-7,10-11,14,16H,1-4H2/t10-,11-/m0/s1. The molecule has 0 unspecified atom stereocenters. The number of nitro benzene ring substituents is 1. The predicted octanol–water partition coefficient (Wildman–Crippen LogP) is 1.32. The summed E-state index contributed by atoms with van der Waals surface area (Å²) in [7, 11) is -4.27. The van der Waals surface area contributed by atoms with Gasteiger partial charge in [0.15, 0.2) is 0 Å². The number of sulfonamides is 1. The lowest BCUT2D eigenvalue weighted by molar-refractivity contribution is -0.385. The van der Waals surface area contributed by atoms with Gasteiger partial charge in [-0.3, -0.25) is 10.1 Å². The van der Waals surface area contributed by atoms with Crippen LogP contribution in [-0.4, -0.2) is 30.6 Å². The summed E-state index contributed by atoms with van der Waals surface area (Å²) >= 11 is 0. The number of hydrogen-bond donors (Lipinski definition) is 2. The van der Waals surface area contributed by atoms with Gasteiger partial charge in [-0.25, -0.2) is 17.5 Å². The van der Waals surface area contributed by atoms with E-state index >= 15 is 0 Å². The first kappa shape index (κ1) is 15.8. The molecule has 0 saturated heterocycles. The van der Waals surface area contributed by atoms with Crippen LogP contribution in [0.25, 0.3) is 0 Å². The fraction of sp³-hybridized carbons (Fsp3) is 0.500. The molecule has 1 aromatic rings. The van der Waals surface area contributed by atoms with Gasteiger partial charge in [-0.1, -0.05) is 12.8 Å². The quantitative estimate of drug-likeness (QED) is 0.642. The van der Waals surface area contributed by atoms with Gasteiger partial charge in [0.2, 0.25) is 10.0 Å². The van der Waals surface area contributed by atoms with Gasteiger partial charge >= 0.3 is 0 Å². The minimum atomic E-state index is -4.27. The van der Waals surface area contributed by atoms with Crippen LogP contribution < -0.4 is 4.72 Å². The molecule has 1 aromatic carbocycles. The topological polar surface area (TPSA) is 110 Å². The van der Waals surface area contributed by atoms with Crippen LogP contribution in [0.1, 0.15) is 25.7 Å². The smallest absolute Gasteiger partial charge is 0.270 e. The highest BCUT2D eigenvalue weighted by Gasteiger charge is 2.30. The van der Waals surface area contributed by atoms with E-state index in [1.165, 1.54) is 0 Å². The van der Waals surface area contributed by atoms with Crippen LogP contribution in [0.5, 0.6) is 0 Å². The molecule has 2 N–H and O–H groups in total. The van der Waals surface area contributed by atoms with Crippen LogP contribution in [-0.2, 0) is 10.0 Å². The van der Waals surface area contributed by atoms with Crippen molar-refractivity contribution in [1.82, 2.24) is 4.72 Å². The molecule has 0 aliphatic heterocycles. The van der Waals surface area contributed by atoms with Crippen LogP contribution in [0.3, 0.4) is 0 Å². The largest absolute Gasteiger partial charge is 0.391 e. The summed E-state index contributed by atoms with van der Waals surface area (Å²) in [6.07, 6.45) is 1.61. The molecule has 1 saturated carbocycles. The van der Waals surface area contributed by atoms with E-state index in [9.17, 15) is 28.0 Å². The third-order valence-corrected chi connectivity index (χ3v) is 4.96. The number of halogens is 1. The third kappa shape index (κ3) is 3.55. The van der Waals surface area contributed by atoms with Crippen molar-refractivity contribution >= 4 is 15.7 Å². The number of nitro groups is 1. The first-order valence-electron chi connectivity index (χ1n) is 6.45. The van der Waals surface area contributed by atoms with Crippen LogP contribution >= 0.6 is 0 Å². The number of rotatable bonds is 4. The zero-order valence-corrected chi connectivity index (χ0v) is 11.8. The Labute approximate surface area is 121 Å². The van der Waals surface area contributed by atoms with E-state index < -0.39 is 43.5 Å². The second kappa shape index (κ2) is 6.04. The van der Waals surface area contributed by atoms with Gasteiger partial charge < -0.3 is 5.11 Å². The van der Waals surface area contributed by atoms with E-state index in [0.717, 1.165) is 25.0 Å². The molecule has 0 radical (unpaired) electrons. The average molecular weight is 318 g/mol. The summed E-state index contributed by atoms with van der Waals surface area (Å²) in [5.41, 5.74) is -0.513. The second-order valence-electron chi connectivity index (χ2n) is 4.95. The van der Waals surface area contributed by atoms with Crippen LogP contribution in [0.15, 0.2) is 23.1 Å².